The summed E-state index contributed by atoms with van der Waals surface area (Å²) >= 11 is 0. The van der Waals surface area contributed by atoms with Crippen LogP contribution in [0.2, 0.25) is 0 Å². The van der Waals surface area contributed by atoms with Crippen molar-refractivity contribution in [2.24, 2.45) is 11.8 Å². The summed E-state index contributed by atoms with van der Waals surface area (Å²) in [7, 11) is 1.60. The van der Waals surface area contributed by atoms with Crippen LogP contribution in [0.3, 0.4) is 0 Å². The lowest BCUT2D eigenvalue weighted by atomic mass is 9.76. The van der Waals surface area contributed by atoms with Crippen molar-refractivity contribution in [3.63, 3.8) is 0 Å². The predicted octanol–water partition coefficient (Wildman–Crippen LogP) is 0.660. The van der Waals surface area contributed by atoms with Gasteiger partial charge in [-0.05, 0) is 18.1 Å². The van der Waals surface area contributed by atoms with E-state index in [4.69, 9.17) is 4.74 Å². The number of methoxy groups -OCH3 is 1. The number of benzene rings is 2. The van der Waals surface area contributed by atoms with Gasteiger partial charge in [0.1, 0.15) is 17.9 Å². The van der Waals surface area contributed by atoms with Gasteiger partial charge in [0, 0.05) is 32.2 Å². The normalized spacial score (nSPS) is 28.9. The molecule has 3 aliphatic heterocycles. The second-order valence-corrected chi connectivity index (χ2v) is 8.57. The lowest BCUT2D eigenvalue weighted by Gasteiger charge is -2.26. The second kappa shape index (κ2) is 7.59. The molecule has 2 saturated heterocycles. The molecule has 7 nitrogen and oxygen atoms in total. The van der Waals surface area contributed by atoms with Gasteiger partial charge in [-0.25, -0.2) is 0 Å². The van der Waals surface area contributed by atoms with E-state index >= 15 is 0 Å². The number of nitrogens with zero attached hydrogens (tertiary/aromatic N) is 1. The SMILES string of the molecule is COCCCN1C(=O)[C@H]2[C@@H](C1=O)[C@]1([NH2+][C@@H]2Cc2ccccc2)C(=O)Nc2ccccc21. The van der Waals surface area contributed by atoms with Gasteiger partial charge < -0.3 is 15.4 Å². The largest absolute Gasteiger partial charge is 0.385 e. The van der Waals surface area contributed by atoms with E-state index in [0.717, 1.165) is 16.8 Å². The monoisotopic (exact) mass is 420 g/mol. The highest BCUT2D eigenvalue weighted by Gasteiger charge is 2.73. The molecule has 0 radical (unpaired) electrons. The van der Waals surface area contributed by atoms with Crippen LogP contribution in [-0.4, -0.2) is 48.9 Å². The Hall–Kier alpha value is -3.03. The van der Waals surface area contributed by atoms with Gasteiger partial charge in [-0.3, -0.25) is 19.3 Å². The molecule has 5 rings (SSSR count). The van der Waals surface area contributed by atoms with E-state index in [9.17, 15) is 14.4 Å². The highest BCUT2D eigenvalue weighted by atomic mass is 16.5. The van der Waals surface area contributed by atoms with Crippen LogP contribution in [-0.2, 0) is 31.1 Å². The van der Waals surface area contributed by atoms with Gasteiger partial charge in [0.25, 0.3) is 5.91 Å². The predicted molar refractivity (Wildman–Crippen MR) is 113 cm³/mol. The smallest absolute Gasteiger partial charge is 0.291 e. The average Bonchev–Trinajstić information content (AvgIpc) is 3.35. The zero-order valence-corrected chi connectivity index (χ0v) is 17.4. The minimum Gasteiger partial charge on any atom is -0.385 e. The zero-order chi connectivity index (χ0) is 21.6. The molecule has 31 heavy (non-hydrogen) atoms. The van der Waals surface area contributed by atoms with Crippen LogP contribution in [0.15, 0.2) is 54.6 Å². The second-order valence-electron chi connectivity index (χ2n) is 8.57. The van der Waals surface area contributed by atoms with E-state index in [1.54, 1.807) is 7.11 Å². The van der Waals surface area contributed by atoms with E-state index in [1.165, 1.54) is 4.90 Å². The molecule has 2 fully saturated rings. The molecule has 0 unspecified atom stereocenters. The Bertz CT molecular complexity index is 1040. The van der Waals surface area contributed by atoms with E-state index in [1.807, 2.05) is 59.9 Å². The van der Waals surface area contributed by atoms with Gasteiger partial charge in [0.15, 0.2) is 0 Å². The Morgan fingerprint density at radius 2 is 1.77 bits per heavy atom. The van der Waals surface area contributed by atoms with E-state index in [-0.39, 0.29) is 23.8 Å². The lowest BCUT2D eigenvalue weighted by molar-refractivity contribution is -0.733. The van der Waals surface area contributed by atoms with E-state index < -0.39 is 17.4 Å². The van der Waals surface area contributed by atoms with Crippen LogP contribution >= 0.6 is 0 Å². The topological polar surface area (TPSA) is 92.3 Å². The average molecular weight is 420 g/mol. The molecular weight excluding hydrogens is 394 g/mol. The van der Waals surface area contributed by atoms with Crippen LogP contribution < -0.4 is 10.6 Å². The summed E-state index contributed by atoms with van der Waals surface area (Å²) in [4.78, 5) is 41.8. The third-order valence-electron chi connectivity index (χ3n) is 6.91. The molecule has 2 aromatic rings. The number of nitrogens with one attached hydrogen (secondary N) is 1. The summed E-state index contributed by atoms with van der Waals surface area (Å²) in [6.45, 7) is 0.788. The number of carbonyl (C=O) groups is 3. The summed E-state index contributed by atoms with van der Waals surface area (Å²) < 4.78 is 5.10. The fraction of sp³-hybridized carbons (Fsp3) is 0.375. The fourth-order valence-electron chi connectivity index (χ4n) is 5.64. The number of ether oxygens (including phenoxy) is 1. The van der Waals surface area contributed by atoms with Crippen LogP contribution in [0, 0.1) is 11.8 Å². The Morgan fingerprint density at radius 3 is 2.55 bits per heavy atom. The zero-order valence-electron chi connectivity index (χ0n) is 17.4. The first-order chi connectivity index (χ1) is 15.1. The van der Waals surface area contributed by atoms with Crippen LogP contribution in [0.1, 0.15) is 17.5 Å². The lowest BCUT2D eigenvalue weighted by Crippen LogP contribution is -2.99. The van der Waals surface area contributed by atoms with Gasteiger partial charge in [0.2, 0.25) is 17.4 Å². The van der Waals surface area contributed by atoms with Crippen molar-refractivity contribution in [2.45, 2.75) is 24.4 Å². The van der Waals surface area contributed by atoms with Crippen molar-refractivity contribution in [2.75, 3.05) is 25.6 Å². The number of rotatable bonds is 6. The van der Waals surface area contributed by atoms with E-state index in [0.29, 0.717) is 26.0 Å². The third kappa shape index (κ3) is 2.91. The molecule has 0 aliphatic carbocycles. The maximum Gasteiger partial charge on any atom is 0.291 e. The molecule has 3 aliphatic rings. The van der Waals surface area contributed by atoms with Gasteiger partial charge >= 0.3 is 0 Å². The Labute approximate surface area is 180 Å². The molecule has 2 aromatic carbocycles. The number of likely N-dealkylation sites (tertiary alicyclic amines) is 1. The third-order valence-corrected chi connectivity index (χ3v) is 6.91. The summed E-state index contributed by atoms with van der Waals surface area (Å²) in [5.41, 5.74) is 1.50. The molecule has 160 valence electrons. The molecule has 4 atom stereocenters. The number of nitrogens with two attached hydrogens (primary N) is 1. The molecule has 3 amide bonds. The first-order valence-electron chi connectivity index (χ1n) is 10.7. The number of hydrogen-bond donors (Lipinski definition) is 2. The Kier molecular flexibility index (Phi) is 4.87. The maximum atomic E-state index is 13.6. The van der Waals surface area contributed by atoms with Crippen LogP contribution in [0.4, 0.5) is 5.69 Å². The first-order valence-corrected chi connectivity index (χ1v) is 10.7. The molecule has 0 bridgehead atoms. The molecular formula is C24H26N3O4+. The van der Waals surface area contributed by atoms with E-state index in [2.05, 4.69) is 5.32 Å². The molecule has 0 saturated carbocycles. The standard InChI is InChI=1S/C24H25N3O4/c1-31-13-7-12-27-21(28)19-18(14-15-8-3-2-4-9-15)26-24(20(19)22(27)29)16-10-5-6-11-17(16)25-23(24)30/h2-6,8-11,18-20,26H,7,12-14H2,1H3,(H,25,30)/p+1/t18-,19-,20+,24+/m1/s1. The minimum atomic E-state index is -1.11. The highest BCUT2D eigenvalue weighted by Crippen LogP contribution is 2.49. The summed E-state index contributed by atoms with van der Waals surface area (Å²) in [5.74, 6) is -1.87. The van der Waals surface area contributed by atoms with Crippen molar-refractivity contribution in [3.8, 4) is 0 Å². The van der Waals surface area contributed by atoms with Crippen LogP contribution in [0.25, 0.3) is 0 Å². The van der Waals surface area contributed by atoms with Crippen molar-refractivity contribution in [3.05, 3.63) is 65.7 Å². The molecule has 1 spiro atoms. The van der Waals surface area contributed by atoms with Crippen molar-refractivity contribution >= 4 is 23.4 Å². The summed E-state index contributed by atoms with van der Waals surface area (Å²) in [6, 6.07) is 17.2. The number of imide groups is 1. The van der Waals surface area contributed by atoms with Crippen molar-refractivity contribution < 1.29 is 24.4 Å². The Morgan fingerprint density at radius 1 is 1.03 bits per heavy atom. The number of para-hydroxylation sites is 1. The first kappa shape index (κ1) is 19.9. The molecule has 7 heteroatoms. The summed E-state index contributed by atoms with van der Waals surface area (Å²) in [5, 5.41) is 4.94. The van der Waals surface area contributed by atoms with Gasteiger partial charge in [-0.2, -0.15) is 0 Å². The quantitative estimate of drug-likeness (QED) is 0.531. The number of hydrogen-bond acceptors (Lipinski definition) is 4. The van der Waals surface area contributed by atoms with Gasteiger partial charge in [0.05, 0.1) is 5.69 Å². The van der Waals surface area contributed by atoms with Crippen molar-refractivity contribution in [1.29, 1.82) is 0 Å². The Balaban J connectivity index is 1.57. The minimum absolute atomic E-state index is 0.169. The number of amides is 3. The number of anilines is 1. The summed E-state index contributed by atoms with van der Waals surface area (Å²) in [6.07, 6.45) is 1.19. The number of quaternary nitrogens is 1. The molecule has 3 heterocycles. The van der Waals surface area contributed by atoms with Crippen LogP contribution in [0.5, 0.6) is 0 Å². The number of fused-ring (bicyclic) bond motifs is 4. The maximum absolute atomic E-state index is 13.6. The van der Waals surface area contributed by atoms with Gasteiger partial charge in [-0.15, -0.1) is 0 Å². The van der Waals surface area contributed by atoms with Gasteiger partial charge in [-0.1, -0.05) is 48.5 Å². The molecule has 0 aromatic heterocycles. The van der Waals surface area contributed by atoms with Crippen molar-refractivity contribution in [1.82, 2.24) is 4.90 Å². The number of carbonyl (C=O) groups excluding carboxylic acids is 3. The fourth-order valence-corrected chi connectivity index (χ4v) is 5.64. The highest BCUT2D eigenvalue weighted by molar-refractivity contribution is 6.13. The molecule has 3 N–H and O–H groups in total.